The third-order valence-corrected chi connectivity index (χ3v) is 1.41. The van der Waals surface area contributed by atoms with Gasteiger partial charge < -0.3 is 15.2 Å². The predicted molar refractivity (Wildman–Crippen MR) is 53.9 cm³/mol. The number of carboxylic acids is 1. The van der Waals surface area contributed by atoms with E-state index in [1.54, 1.807) is 0 Å². The van der Waals surface area contributed by atoms with Gasteiger partial charge in [-0.15, -0.1) is 0 Å². The molecular formula is C8H15N3O5. The van der Waals surface area contributed by atoms with Gasteiger partial charge in [-0.05, 0) is 0 Å². The molecule has 8 nitrogen and oxygen atoms in total. The number of carboxylic acid groups (broad SMARTS) is 1. The molecular weight excluding hydrogens is 218 g/mol. The Morgan fingerprint density at radius 1 is 1.25 bits per heavy atom. The fraction of sp³-hybridized carbons (Fsp3) is 0.625. The van der Waals surface area contributed by atoms with Crippen molar-refractivity contribution >= 4 is 17.9 Å². The van der Waals surface area contributed by atoms with Crippen LogP contribution in [-0.2, 0) is 14.3 Å². The second-order valence-corrected chi connectivity index (χ2v) is 2.79. The summed E-state index contributed by atoms with van der Waals surface area (Å²) in [7, 11) is 1.49. The maximum atomic E-state index is 11.0. The summed E-state index contributed by atoms with van der Waals surface area (Å²) >= 11 is 0. The number of carbonyl (C=O) groups is 3. The minimum atomic E-state index is -1.07. The van der Waals surface area contributed by atoms with E-state index in [0.29, 0.717) is 6.61 Å². The van der Waals surface area contributed by atoms with E-state index in [4.69, 9.17) is 5.11 Å². The fourth-order valence-corrected chi connectivity index (χ4v) is 0.765. The van der Waals surface area contributed by atoms with Crippen molar-refractivity contribution < 1.29 is 24.2 Å². The number of urea groups is 1. The number of hydrogen-bond acceptors (Lipinski definition) is 5. The summed E-state index contributed by atoms with van der Waals surface area (Å²) in [4.78, 5) is 32.1. The SMILES string of the molecule is COCCNC(=O)NC(=O)CNCC(=O)O. The van der Waals surface area contributed by atoms with E-state index in [1.165, 1.54) is 7.11 Å². The first-order valence-corrected chi connectivity index (χ1v) is 4.55. The van der Waals surface area contributed by atoms with Crippen LogP contribution >= 0.6 is 0 Å². The smallest absolute Gasteiger partial charge is 0.321 e. The molecule has 0 aliphatic rings. The zero-order chi connectivity index (χ0) is 12.4. The summed E-state index contributed by atoms with van der Waals surface area (Å²) in [6.07, 6.45) is 0. The lowest BCUT2D eigenvalue weighted by Crippen LogP contribution is -2.44. The van der Waals surface area contributed by atoms with Crippen molar-refractivity contribution in [1.82, 2.24) is 16.0 Å². The second-order valence-electron chi connectivity index (χ2n) is 2.79. The van der Waals surface area contributed by atoms with Gasteiger partial charge in [0, 0.05) is 13.7 Å². The molecule has 92 valence electrons. The first kappa shape index (κ1) is 14.3. The van der Waals surface area contributed by atoms with Crippen molar-refractivity contribution in [3.05, 3.63) is 0 Å². The average Bonchev–Trinajstić information content (AvgIpc) is 2.17. The molecule has 16 heavy (non-hydrogen) atoms. The number of nitrogens with one attached hydrogen (secondary N) is 3. The Morgan fingerprint density at radius 2 is 1.94 bits per heavy atom. The van der Waals surface area contributed by atoms with Crippen LogP contribution in [0.25, 0.3) is 0 Å². The standard InChI is InChI=1S/C8H15N3O5/c1-16-3-2-10-8(15)11-6(12)4-9-5-7(13)14/h9H,2-5H2,1H3,(H,13,14)(H2,10,11,12,15). The van der Waals surface area contributed by atoms with E-state index in [0.717, 1.165) is 0 Å². The van der Waals surface area contributed by atoms with Gasteiger partial charge in [0.1, 0.15) is 0 Å². The van der Waals surface area contributed by atoms with Gasteiger partial charge >= 0.3 is 12.0 Å². The molecule has 0 saturated heterocycles. The highest BCUT2D eigenvalue weighted by Crippen LogP contribution is 1.70. The molecule has 0 aliphatic heterocycles. The molecule has 0 aromatic heterocycles. The maximum Gasteiger partial charge on any atom is 0.321 e. The molecule has 0 fully saturated rings. The highest BCUT2D eigenvalue weighted by Gasteiger charge is 2.06. The van der Waals surface area contributed by atoms with Crippen LogP contribution in [0, 0.1) is 0 Å². The van der Waals surface area contributed by atoms with Gasteiger partial charge in [-0.2, -0.15) is 0 Å². The Kier molecular flexibility index (Phi) is 7.72. The number of aliphatic carboxylic acids is 1. The largest absolute Gasteiger partial charge is 0.480 e. The van der Waals surface area contributed by atoms with Crippen molar-refractivity contribution in [1.29, 1.82) is 0 Å². The first-order valence-electron chi connectivity index (χ1n) is 4.55. The molecule has 4 N–H and O–H groups in total. The predicted octanol–water partition coefficient (Wildman–Crippen LogP) is -1.87. The van der Waals surface area contributed by atoms with E-state index >= 15 is 0 Å². The summed E-state index contributed by atoms with van der Waals surface area (Å²) < 4.78 is 4.68. The molecule has 0 aliphatic carbocycles. The summed E-state index contributed by atoms with van der Waals surface area (Å²) in [5.41, 5.74) is 0. The minimum absolute atomic E-state index is 0.232. The van der Waals surface area contributed by atoms with Crippen LogP contribution in [0.5, 0.6) is 0 Å². The Balaban J connectivity index is 3.54. The van der Waals surface area contributed by atoms with Gasteiger partial charge in [-0.1, -0.05) is 0 Å². The van der Waals surface area contributed by atoms with Crippen molar-refractivity contribution in [2.24, 2.45) is 0 Å². The Morgan fingerprint density at radius 3 is 2.50 bits per heavy atom. The molecule has 0 aromatic carbocycles. The number of hydrogen-bond donors (Lipinski definition) is 4. The summed E-state index contributed by atoms with van der Waals surface area (Å²) in [6.45, 7) is 0.0692. The number of methoxy groups -OCH3 is 1. The third-order valence-electron chi connectivity index (χ3n) is 1.41. The van der Waals surface area contributed by atoms with Gasteiger partial charge in [-0.3, -0.25) is 20.2 Å². The van der Waals surface area contributed by atoms with E-state index in [9.17, 15) is 14.4 Å². The van der Waals surface area contributed by atoms with E-state index in [2.05, 4.69) is 15.4 Å². The van der Waals surface area contributed by atoms with Gasteiger partial charge in [0.2, 0.25) is 5.91 Å². The zero-order valence-electron chi connectivity index (χ0n) is 8.91. The Labute approximate surface area is 92.3 Å². The van der Waals surface area contributed by atoms with Crippen LogP contribution in [-0.4, -0.2) is 56.4 Å². The zero-order valence-corrected chi connectivity index (χ0v) is 8.91. The van der Waals surface area contributed by atoms with Crippen LogP contribution in [0.3, 0.4) is 0 Å². The molecule has 0 atom stereocenters. The van der Waals surface area contributed by atoms with Gasteiger partial charge in [0.05, 0.1) is 19.7 Å². The number of carbonyl (C=O) groups excluding carboxylic acids is 2. The second kappa shape index (κ2) is 8.62. The minimum Gasteiger partial charge on any atom is -0.480 e. The van der Waals surface area contributed by atoms with Gasteiger partial charge in [0.25, 0.3) is 0 Å². The average molecular weight is 233 g/mol. The molecule has 0 bridgehead atoms. The summed E-state index contributed by atoms with van der Waals surface area (Å²) in [5.74, 6) is -1.67. The van der Waals surface area contributed by atoms with Crippen LogP contribution in [0.1, 0.15) is 0 Å². The highest BCUT2D eigenvalue weighted by molar-refractivity contribution is 5.95. The van der Waals surface area contributed by atoms with Crippen molar-refractivity contribution in [3.63, 3.8) is 0 Å². The monoisotopic (exact) mass is 233 g/mol. The van der Waals surface area contributed by atoms with Crippen molar-refractivity contribution in [3.8, 4) is 0 Å². The number of rotatable bonds is 7. The lowest BCUT2D eigenvalue weighted by Gasteiger charge is -2.06. The van der Waals surface area contributed by atoms with E-state index < -0.39 is 17.9 Å². The van der Waals surface area contributed by atoms with E-state index in [1.807, 2.05) is 5.32 Å². The molecule has 0 spiro atoms. The maximum absolute atomic E-state index is 11.0. The van der Waals surface area contributed by atoms with Gasteiger partial charge in [-0.25, -0.2) is 4.79 Å². The number of amides is 3. The van der Waals surface area contributed by atoms with Crippen LogP contribution in [0.15, 0.2) is 0 Å². The first-order chi connectivity index (χ1) is 7.56. The Hall–Kier alpha value is -1.67. The number of ether oxygens (including phenoxy) is 1. The molecule has 0 heterocycles. The molecule has 0 rings (SSSR count). The van der Waals surface area contributed by atoms with Crippen LogP contribution < -0.4 is 16.0 Å². The quantitative estimate of drug-likeness (QED) is 0.383. The fourth-order valence-electron chi connectivity index (χ4n) is 0.765. The van der Waals surface area contributed by atoms with Crippen LogP contribution in [0.4, 0.5) is 4.79 Å². The molecule has 8 heteroatoms. The molecule has 0 radical (unpaired) electrons. The molecule has 0 aromatic rings. The molecule has 3 amide bonds. The van der Waals surface area contributed by atoms with Crippen molar-refractivity contribution in [2.45, 2.75) is 0 Å². The lowest BCUT2D eigenvalue weighted by atomic mass is 10.5. The molecule has 0 saturated carbocycles. The normalized spacial score (nSPS) is 9.56. The number of imide groups is 1. The topological polar surface area (TPSA) is 117 Å². The molecule has 0 unspecified atom stereocenters. The summed E-state index contributed by atoms with van der Waals surface area (Å²) in [6, 6.07) is -0.640. The van der Waals surface area contributed by atoms with Gasteiger partial charge in [0.15, 0.2) is 0 Å². The Bertz CT molecular complexity index is 256. The summed E-state index contributed by atoms with van der Waals surface area (Å²) in [5, 5.41) is 15.0. The lowest BCUT2D eigenvalue weighted by molar-refractivity contribution is -0.135. The highest BCUT2D eigenvalue weighted by atomic mass is 16.5. The van der Waals surface area contributed by atoms with Crippen LogP contribution in [0.2, 0.25) is 0 Å². The van der Waals surface area contributed by atoms with E-state index in [-0.39, 0.29) is 19.6 Å². The van der Waals surface area contributed by atoms with Crippen molar-refractivity contribution in [2.75, 3.05) is 33.4 Å². The third kappa shape index (κ3) is 8.91.